The summed E-state index contributed by atoms with van der Waals surface area (Å²) in [6, 6.07) is 8.97. The van der Waals surface area contributed by atoms with Crippen molar-refractivity contribution in [2.24, 2.45) is 0 Å². The van der Waals surface area contributed by atoms with Gasteiger partial charge in [0, 0.05) is 50.0 Å². The lowest BCUT2D eigenvalue weighted by Crippen LogP contribution is -2.40. The van der Waals surface area contributed by atoms with Crippen LogP contribution in [0.1, 0.15) is 42.6 Å². The first-order valence-electron chi connectivity index (χ1n) is 10.2. The van der Waals surface area contributed by atoms with Gasteiger partial charge in [0.15, 0.2) is 0 Å². The summed E-state index contributed by atoms with van der Waals surface area (Å²) in [6.45, 7) is 7.90. The van der Waals surface area contributed by atoms with Gasteiger partial charge in [0.2, 0.25) is 0 Å². The quantitative estimate of drug-likeness (QED) is 0.761. The third-order valence-electron chi connectivity index (χ3n) is 5.97. The van der Waals surface area contributed by atoms with Crippen LogP contribution in [0, 0.1) is 0 Å². The van der Waals surface area contributed by atoms with E-state index in [1.54, 1.807) is 7.11 Å². The molecule has 2 aromatic rings. The van der Waals surface area contributed by atoms with Gasteiger partial charge >= 0.3 is 0 Å². The van der Waals surface area contributed by atoms with E-state index in [2.05, 4.69) is 44.4 Å². The SMILES string of the molecule is CCC(CN1CCOCC1)n1cncc1C1CNNC1c1ccc(OC)cc1. The standard InChI is InChI=1S/C21H31N5O2/c1-3-17(14-25-8-10-28-11-9-25)26-15-22-13-20(26)19-12-23-24-21(19)16-4-6-18(27-2)7-5-16/h4-7,13,15,17,19,21,23-24H,3,8-12,14H2,1-2H3. The number of hydrogen-bond acceptors (Lipinski definition) is 6. The van der Waals surface area contributed by atoms with Crippen LogP contribution in [0.25, 0.3) is 0 Å². The number of morpholine rings is 1. The smallest absolute Gasteiger partial charge is 0.118 e. The number of aromatic nitrogens is 2. The van der Waals surface area contributed by atoms with Crippen molar-refractivity contribution in [3.63, 3.8) is 0 Å². The van der Waals surface area contributed by atoms with Crippen molar-refractivity contribution < 1.29 is 9.47 Å². The summed E-state index contributed by atoms with van der Waals surface area (Å²) in [5, 5.41) is 0. The van der Waals surface area contributed by atoms with Crippen molar-refractivity contribution in [3.05, 3.63) is 48.0 Å². The molecule has 0 saturated carbocycles. The van der Waals surface area contributed by atoms with Crippen LogP contribution in [-0.4, -0.2) is 61.0 Å². The Hall–Kier alpha value is -1.93. The van der Waals surface area contributed by atoms with Crippen molar-refractivity contribution in [3.8, 4) is 5.75 Å². The summed E-state index contributed by atoms with van der Waals surface area (Å²) >= 11 is 0. The van der Waals surface area contributed by atoms with E-state index in [9.17, 15) is 0 Å². The van der Waals surface area contributed by atoms with Crippen molar-refractivity contribution in [1.82, 2.24) is 25.3 Å². The molecule has 0 radical (unpaired) electrons. The minimum atomic E-state index is 0.210. The molecule has 1 aromatic carbocycles. The fourth-order valence-corrected chi connectivity index (χ4v) is 4.30. The zero-order valence-corrected chi connectivity index (χ0v) is 16.8. The molecule has 1 aromatic heterocycles. The van der Waals surface area contributed by atoms with E-state index < -0.39 is 0 Å². The fraction of sp³-hybridized carbons (Fsp3) is 0.571. The van der Waals surface area contributed by atoms with Gasteiger partial charge in [0.05, 0.1) is 32.7 Å². The highest BCUT2D eigenvalue weighted by Gasteiger charge is 2.33. The second kappa shape index (κ2) is 9.05. The van der Waals surface area contributed by atoms with Crippen LogP contribution < -0.4 is 15.6 Å². The third-order valence-corrected chi connectivity index (χ3v) is 5.97. The summed E-state index contributed by atoms with van der Waals surface area (Å²) in [5.41, 5.74) is 9.35. The van der Waals surface area contributed by atoms with Gasteiger partial charge < -0.3 is 14.0 Å². The molecular formula is C21H31N5O2. The summed E-state index contributed by atoms with van der Waals surface area (Å²) in [6.07, 6.45) is 5.13. The Morgan fingerprint density at radius 2 is 2.04 bits per heavy atom. The van der Waals surface area contributed by atoms with E-state index in [4.69, 9.17) is 9.47 Å². The molecule has 4 rings (SSSR count). The number of nitrogens with zero attached hydrogens (tertiary/aromatic N) is 3. The van der Waals surface area contributed by atoms with Crippen LogP contribution in [0.5, 0.6) is 5.75 Å². The van der Waals surface area contributed by atoms with E-state index in [1.165, 1.54) is 11.3 Å². The number of ether oxygens (including phenoxy) is 2. The largest absolute Gasteiger partial charge is 0.497 e. The molecule has 2 N–H and O–H groups in total. The monoisotopic (exact) mass is 385 g/mol. The molecule has 3 atom stereocenters. The second-order valence-electron chi connectivity index (χ2n) is 7.58. The van der Waals surface area contributed by atoms with E-state index in [0.717, 1.165) is 51.6 Å². The molecule has 2 aliphatic rings. The average molecular weight is 386 g/mol. The van der Waals surface area contributed by atoms with Crippen LogP contribution in [0.4, 0.5) is 0 Å². The highest BCUT2D eigenvalue weighted by molar-refractivity contribution is 5.32. The molecule has 0 spiro atoms. The lowest BCUT2D eigenvalue weighted by atomic mass is 9.92. The van der Waals surface area contributed by atoms with E-state index in [1.807, 2.05) is 24.7 Å². The van der Waals surface area contributed by atoms with Crippen LogP contribution in [0.3, 0.4) is 0 Å². The highest BCUT2D eigenvalue weighted by Crippen LogP contribution is 2.35. The van der Waals surface area contributed by atoms with Gasteiger partial charge in [-0.3, -0.25) is 10.3 Å². The van der Waals surface area contributed by atoms with Gasteiger partial charge in [0.1, 0.15) is 5.75 Å². The average Bonchev–Trinajstić information content (AvgIpc) is 3.42. The minimum absolute atomic E-state index is 0.210. The number of hydrogen-bond donors (Lipinski definition) is 2. The Balaban J connectivity index is 1.54. The molecule has 7 heteroatoms. The van der Waals surface area contributed by atoms with Crippen LogP contribution >= 0.6 is 0 Å². The molecule has 28 heavy (non-hydrogen) atoms. The maximum Gasteiger partial charge on any atom is 0.118 e. The maximum absolute atomic E-state index is 5.50. The van der Waals surface area contributed by atoms with Gasteiger partial charge in [-0.1, -0.05) is 19.1 Å². The molecule has 7 nitrogen and oxygen atoms in total. The normalized spacial score (nSPS) is 24.4. The number of imidazole rings is 1. The Morgan fingerprint density at radius 3 is 2.75 bits per heavy atom. The Labute approximate surface area is 167 Å². The second-order valence-corrected chi connectivity index (χ2v) is 7.58. The summed E-state index contributed by atoms with van der Waals surface area (Å²) < 4.78 is 13.2. The molecule has 2 saturated heterocycles. The van der Waals surface area contributed by atoms with Gasteiger partial charge in [-0.05, 0) is 24.1 Å². The Bertz CT molecular complexity index is 742. The predicted octanol–water partition coefficient (Wildman–Crippen LogP) is 2.11. The van der Waals surface area contributed by atoms with Crippen LogP contribution in [0.15, 0.2) is 36.8 Å². The Morgan fingerprint density at radius 1 is 1.25 bits per heavy atom. The lowest BCUT2D eigenvalue weighted by Gasteiger charge is -2.32. The van der Waals surface area contributed by atoms with Crippen molar-refractivity contribution >= 4 is 0 Å². The first-order chi connectivity index (χ1) is 13.8. The van der Waals surface area contributed by atoms with Gasteiger partial charge in [-0.2, -0.15) is 0 Å². The summed E-state index contributed by atoms with van der Waals surface area (Å²) in [7, 11) is 1.70. The molecule has 0 aliphatic carbocycles. The first-order valence-corrected chi connectivity index (χ1v) is 10.2. The molecule has 0 bridgehead atoms. The highest BCUT2D eigenvalue weighted by atomic mass is 16.5. The van der Waals surface area contributed by atoms with Gasteiger partial charge in [0.25, 0.3) is 0 Å². The van der Waals surface area contributed by atoms with Crippen molar-refractivity contribution in [2.45, 2.75) is 31.3 Å². The van der Waals surface area contributed by atoms with E-state index in [0.29, 0.717) is 12.0 Å². The van der Waals surface area contributed by atoms with Crippen LogP contribution in [0.2, 0.25) is 0 Å². The molecule has 3 heterocycles. The first kappa shape index (κ1) is 19.4. The zero-order chi connectivity index (χ0) is 19.3. The van der Waals surface area contributed by atoms with E-state index in [-0.39, 0.29) is 6.04 Å². The number of benzene rings is 1. The Kier molecular flexibility index (Phi) is 6.26. The predicted molar refractivity (Wildman–Crippen MR) is 108 cm³/mol. The molecule has 0 amide bonds. The molecule has 152 valence electrons. The number of rotatable bonds is 7. The van der Waals surface area contributed by atoms with Gasteiger partial charge in [-0.15, -0.1) is 0 Å². The van der Waals surface area contributed by atoms with Crippen LogP contribution in [-0.2, 0) is 4.74 Å². The maximum atomic E-state index is 5.50. The minimum Gasteiger partial charge on any atom is -0.497 e. The lowest BCUT2D eigenvalue weighted by molar-refractivity contribution is 0.0310. The third kappa shape index (κ3) is 4.07. The number of methoxy groups -OCH3 is 1. The number of nitrogens with one attached hydrogen (secondary N) is 2. The molecular weight excluding hydrogens is 354 g/mol. The zero-order valence-electron chi connectivity index (χ0n) is 16.8. The van der Waals surface area contributed by atoms with Crippen molar-refractivity contribution in [1.29, 1.82) is 0 Å². The number of hydrazine groups is 1. The van der Waals surface area contributed by atoms with E-state index >= 15 is 0 Å². The fourth-order valence-electron chi connectivity index (χ4n) is 4.30. The summed E-state index contributed by atoms with van der Waals surface area (Å²) in [5.74, 6) is 1.21. The molecule has 2 aliphatic heterocycles. The molecule has 2 fully saturated rings. The topological polar surface area (TPSA) is 63.6 Å². The molecule has 3 unspecified atom stereocenters. The summed E-state index contributed by atoms with van der Waals surface area (Å²) in [4.78, 5) is 7.04. The van der Waals surface area contributed by atoms with Gasteiger partial charge in [-0.25, -0.2) is 10.4 Å². The van der Waals surface area contributed by atoms with Crippen molar-refractivity contribution in [2.75, 3.05) is 46.5 Å².